The van der Waals surface area contributed by atoms with E-state index in [1.807, 2.05) is 24.3 Å². The van der Waals surface area contributed by atoms with Gasteiger partial charge in [0, 0.05) is 17.7 Å². The molecule has 0 bridgehead atoms. The van der Waals surface area contributed by atoms with E-state index in [2.05, 4.69) is 0 Å². The minimum Gasteiger partial charge on any atom is -0.486 e. The number of nitro benzene ring substituents is 1. The number of aliphatic hydroxyl groups excluding tert-OH is 1. The Morgan fingerprint density at radius 1 is 1.12 bits per heavy atom. The molecule has 4 rings (SSSR count). The summed E-state index contributed by atoms with van der Waals surface area (Å²) < 4.78 is 23.5. The third kappa shape index (κ3) is 5.74. The van der Waals surface area contributed by atoms with E-state index < -0.39 is 11.0 Å². The van der Waals surface area contributed by atoms with E-state index in [0.29, 0.717) is 49.7 Å². The van der Waals surface area contributed by atoms with E-state index in [9.17, 15) is 15.2 Å². The quantitative estimate of drug-likeness (QED) is 0.359. The number of hydrogen-bond acceptors (Lipinski definition) is 7. The number of ether oxygens (including phenoxy) is 4. The van der Waals surface area contributed by atoms with Crippen molar-refractivity contribution in [2.75, 3.05) is 52.7 Å². The highest BCUT2D eigenvalue weighted by Gasteiger charge is 2.33. The van der Waals surface area contributed by atoms with Gasteiger partial charge in [-0.15, -0.1) is 0 Å². The number of non-ortho nitro benzene ring substituents is 1. The number of fused-ring (bicyclic) bond motifs is 1. The van der Waals surface area contributed by atoms with Crippen LogP contribution in [0.1, 0.15) is 5.56 Å². The van der Waals surface area contributed by atoms with E-state index in [4.69, 9.17) is 18.9 Å². The third-order valence-corrected chi connectivity index (χ3v) is 5.86. The average Bonchev–Trinajstić information content (AvgIpc) is 2.80. The Labute approximate surface area is 186 Å². The fraction of sp³-hybridized carbons (Fsp3) is 0.478. The van der Waals surface area contributed by atoms with E-state index in [1.165, 1.54) is 12.1 Å². The van der Waals surface area contributed by atoms with E-state index >= 15 is 0 Å². The summed E-state index contributed by atoms with van der Waals surface area (Å²) in [6.07, 6.45) is -0.869. The van der Waals surface area contributed by atoms with Crippen molar-refractivity contribution in [3.8, 4) is 11.5 Å². The van der Waals surface area contributed by atoms with Crippen molar-refractivity contribution in [2.24, 2.45) is 0 Å². The molecule has 2 aromatic rings. The van der Waals surface area contributed by atoms with Crippen LogP contribution < -0.4 is 9.47 Å². The van der Waals surface area contributed by atoms with Crippen molar-refractivity contribution in [3.63, 3.8) is 0 Å². The minimum absolute atomic E-state index is 0.0762. The maximum Gasteiger partial charge on any atom is 0.269 e. The highest BCUT2D eigenvalue weighted by molar-refractivity contribution is 5.40. The number of quaternary nitrogens is 1. The predicted molar refractivity (Wildman–Crippen MR) is 116 cm³/mol. The normalized spacial score (nSPS) is 20.5. The van der Waals surface area contributed by atoms with Crippen LogP contribution in [0.15, 0.2) is 48.5 Å². The Bertz CT molecular complexity index is 899. The maximum atomic E-state index is 10.9. The molecule has 1 saturated heterocycles. The highest BCUT2D eigenvalue weighted by atomic mass is 16.6. The van der Waals surface area contributed by atoms with Gasteiger partial charge in [0.25, 0.3) is 5.69 Å². The summed E-state index contributed by atoms with van der Waals surface area (Å²) in [5.74, 6) is 1.43. The van der Waals surface area contributed by atoms with Gasteiger partial charge in [-0.05, 0) is 24.3 Å². The monoisotopic (exact) mass is 445 g/mol. The Kier molecular flexibility index (Phi) is 7.21. The van der Waals surface area contributed by atoms with Crippen LogP contribution in [-0.2, 0) is 16.0 Å². The standard InChI is InChI=1S/C23H29N2O7/c26-20(15-30-16-21-17-31-22-3-1-2-4-23(22)32-21)14-25(9-11-29-12-10-25)13-18-5-7-19(8-6-18)24(27)28/h1-8,20-21,26H,9-17H2/q+1/t20-,21+/m0/s1. The molecule has 1 fully saturated rings. The molecule has 1 N–H and O–H groups in total. The van der Waals surface area contributed by atoms with Gasteiger partial charge in [0.05, 0.1) is 31.4 Å². The first-order valence-electron chi connectivity index (χ1n) is 10.8. The van der Waals surface area contributed by atoms with Gasteiger partial charge in [0.15, 0.2) is 17.6 Å². The average molecular weight is 445 g/mol. The van der Waals surface area contributed by atoms with Crippen molar-refractivity contribution in [3.05, 3.63) is 64.2 Å². The van der Waals surface area contributed by atoms with Crippen molar-refractivity contribution in [1.82, 2.24) is 0 Å². The van der Waals surface area contributed by atoms with Gasteiger partial charge in [-0.2, -0.15) is 0 Å². The molecule has 2 atom stereocenters. The second kappa shape index (κ2) is 10.3. The number of rotatable bonds is 9. The van der Waals surface area contributed by atoms with Crippen LogP contribution in [0.2, 0.25) is 0 Å². The summed E-state index contributed by atoms with van der Waals surface area (Å²) in [4.78, 5) is 10.5. The molecule has 0 spiro atoms. The van der Waals surface area contributed by atoms with Crippen LogP contribution in [-0.4, -0.2) is 79.4 Å². The van der Waals surface area contributed by atoms with Crippen molar-refractivity contribution < 1.29 is 33.5 Å². The van der Waals surface area contributed by atoms with Gasteiger partial charge in [-0.3, -0.25) is 10.1 Å². The number of nitrogens with zero attached hydrogens (tertiary/aromatic N) is 2. The molecule has 0 unspecified atom stereocenters. The lowest BCUT2D eigenvalue weighted by Crippen LogP contribution is -2.58. The van der Waals surface area contributed by atoms with Crippen molar-refractivity contribution in [2.45, 2.75) is 18.8 Å². The topological polar surface area (TPSA) is 100 Å². The smallest absolute Gasteiger partial charge is 0.269 e. The summed E-state index contributed by atoms with van der Waals surface area (Å²) in [5.41, 5.74) is 1.07. The summed E-state index contributed by atoms with van der Waals surface area (Å²) in [7, 11) is 0. The van der Waals surface area contributed by atoms with Crippen LogP contribution in [0.5, 0.6) is 11.5 Å². The molecular weight excluding hydrogens is 416 g/mol. The van der Waals surface area contributed by atoms with Gasteiger partial charge < -0.3 is 28.5 Å². The molecule has 0 aliphatic carbocycles. The second-order valence-electron chi connectivity index (χ2n) is 8.35. The zero-order valence-electron chi connectivity index (χ0n) is 17.9. The molecule has 2 heterocycles. The fourth-order valence-corrected chi connectivity index (χ4v) is 4.23. The van der Waals surface area contributed by atoms with Gasteiger partial charge in [-0.1, -0.05) is 12.1 Å². The highest BCUT2D eigenvalue weighted by Crippen LogP contribution is 2.31. The Morgan fingerprint density at radius 3 is 2.56 bits per heavy atom. The van der Waals surface area contributed by atoms with Gasteiger partial charge in [0.1, 0.15) is 38.9 Å². The molecule has 2 aliphatic heterocycles. The first-order chi connectivity index (χ1) is 15.5. The largest absolute Gasteiger partial charge is 0.486 e. The number of nitro groups is 1. The predicted octanol–water partition coefficient (Wildman–Crippen LogP) is 2.16. The fourth-order valence-electron chi connectivity index (χ4n) is 4.23. The molecule has 2 aliphatic rings. The second-order valence-corrected chi connectivity index (χ2v) is 8.35. The molecule has 0 radical (unpaired) electrons. The molecule has 9 nitrogen and oxygen atoms in total. The summed E-state index contributed by atoms with van der Waals surface area (Å²) >= 11 is 0. The summed E-state index contributed by atoms with van der Waals surface area (Å²) in [5, 5.41) is 21.6. The van der Waals surface area contributed by atoms with Crippen LogP contribution >= 0.6 is 0 Å². The Morgan fingerprint density at radius 2 is 1.84 bits per heavy atom. The van der Waals surface area contributed by atoms with Gasteiger partial charge in [0.2, 0.25) is 0 Å². The van der Waals surface area contributed by atoms with Crippen LogP contribution in [0.4, 0.5) is 5.69 Å². The number of hydrogen-bond donors (Lipinski definition) is 1. The Balaban J connectivity index is 1.29. The molecule has 0 saturated carbocycles. The van der Waals surface area contributed by atoms with E-state index in [0.717, 1.165) is 24.4 Å². The molecule has 172 valence electrons. The van der Waals surface area contributed by atoms with Crippen molar-refractivity contribution >= 4 is 5.69 Å². The maximum absolute atomic E-state index is 10.9. The number of aliphatic hydroxyl groups is 1. The summed E-state index contributed by atoms with van der Waals surface area (Å²) in [6.45, 7) is 4.90. The SMILES string of the molecule is O=[N+]([O-])c1ccc(C[N+]2(C[C@H](O)COC[C@@H]3COc4ccccc4O3)CCOCC2)cc1. The molecule has 0 amide bonds. The molecule has 32 heavy (non-hydrogen) atoms. The van der Waals surface area contributed by atoms with Crippen molar-refractivity contribution in [1.29, 1.82) is 0 Å². The summed E-state index contributed by atoms with van der Waals surface area (Å²) in [6, 6.07) is 14.1. The van der Waals surface area contributed by atoms with Crippen LogP contribution in [0.25, 0.3) is 0 Å². The van der Waals surface area contributed by atoms with Gasteiger partial charge in [-0.25, -0.2) is 0 Å². The van der Waals surface area contributed by atoms with E-state index in [1.54, 1.807) is 12.1 Å². The Hall–Kier alpha value is -2.72. The van der Waals surface area contributed by atoms with E-state index in [-0.39, 0.29) is 18.4 Å². The zero-order valence-corrected chi connectivity index (χ0v) is 17.9. The molecule has 0 aromatic heterocycles. The number of morpholine rings is 1. The van der Waals surface area contributed by atoms with Crippen LogP contribution in [0.3, 0.4) is 0 Å². The zero-order chi connectivity index (χ0) is 22.4. The first kappa shape index (κ1) is 22.5. The molecule has 2 aromatic carbocycles. The number of para-hydroxylation sites is 2. The first-order valence-corrected chi connectivity index (χ1v) is 10.8. The number of benzene rings is 2. The molecular formula is C23H29N2O7+. The lowest BCUT2D eigenvalue weighted by molar-refractivity contribution is -0.950. The molecule has 9 heteroatoms. The van der Waals surface area contributed by atoms with Gasteiger partial charge >= 0.3 is 0 Å². The minimum atomic E-state index is -0.650. The lowest BCUT2D eigenvalue weighted by Gasteiger charge is -2.42. The third-order valence-electron chi connectivity index (χ3n) is 5.86. The lowest BCUT2D eigenvalue weighted by atomic mass is 10.1. The van der Waals surface area contributed by atoms with Crippen LogP contribution in [0, 0.1) is 10.1 Å².